The number of hydrogen-bond acceptors (Lipinski definition) is 6. The number of benzene rings is 1. The van der Waals surface area contributed by atoms with Crippen molar-refractivity contribution in [3.05, 3.63) is 46.2 Å². The van der Waals surface area contributed by atoms with E-state index < -0.39 is 11.8 Å². The third kappa shape index (κ3) is 4.97. The minimum absolute atomic E-state index is 0.188. The van der Waals surface area contributed by atoms with Crippen LogP contribution in [0.5, 0.6) is 0 Å². The van der Waals surface area contributed by atoms with E-state index in [2.05, 4.69) is 10.3 Å². The fourth-order valence-corrected chi connectivity index (χ4v) is 4.06. The van der Waals surface area contributed by atoms with E-state index >= 15 is 0 Å². The van der Waals surface area contributed by atoms with Crippen molar-refractivity contribution in [2.45, 2.75) is 26.7 Å². The van der Waals surface area contributed by atoms with E-state index in [0.717, 1.165) is 11.3 Å². The number of esters is 1. The molecule has 3 rings (SSSR count). The van der Waals surface area contributed by atoms with Gasteiger partial charge in [0, 0.05) is 24.6 Å². The second kappa shape index (κ2) is 9.13. The number of likely N-dealkylation sites (tertiary alicyclic amines) is 1. The van der Waals surface area contributed by atoms with Crippen molar-refractivity contribution < 1.29 is 23.5 Å². The SMILES string of the molecule is CCOC(=O)c1sc(NC(=O)C2CCN(C(=O)c3cccc(F)c3)CC2)nc1C. The molecule has 9 heteroatoms. The molecule has 0 radical (unpaired) electrons. The second-order valence-corrected chi connectivity index (χ2v) is 7.72. The van der Waals surface area contributed by atoms with E-state index in [-0.39, 0.29) is 24.3 Å². The fourth-order valence-electron chi connectivity index (χ4n) is 3.19. The Balaban J connectivity index is 1.56. The highest BCUT2D eigenvalue weighted by atomic mass is 32.1. The lowest BCUT2D eigenvalue weighted by atomic mass is 9.95. The Morgan fingerprint density at radius 2 is 2.03 bits per heavy atom. The Hall–Kier alpha value is -2.81. The zero-order valence-electron chi connectivity index (χ0n) is 16.2. The number of amides is 2. The van der Waals surface area contributed by atoms with Crippen LogP contribution in [0.15, 0.2) is 24.3 Å². The molecule has 0 unspecified atom stereocenters. The van der Waals surface area contributed by atoms with Gasteiger partial charge in [-0.15, -0.1) is 0 Å². The maximum absolute atomic E-state index is 13.3. The van der Waals surface area contributed by atoms with Crippen molar-refractivity contribution in [2.24, 2.45) is 5.92 Å². The van der Waals surface area contributed by atoms with E-state index in [1.165, 1.54) is 18.2 Å². The lowest BCUT2D eigenvalue weighted by molar-refractivity contribution is -0.121. The molecular weight excluding hydrogens is 397 g/mol. The zero-order chi connectivity index (χ0) is 21.0. The van der Waals surface area contributed by atoms with Gasteiger partial charge in [-0.2, -0.15) is 0 Å². The third-order valence-electron chi connectivity index (χ3n) is 4.71. The van der Waals surface area contributed by atoms with E-state index in [9.17, 15) is 18.8 Å². The summed E-state index contributed by atoms with van der Waals surface area (Å²) in [5.74, 6) is -1.59. The van der Waals surface area contributed by atoms with Gasteiger partial charge in [0.15, 0.2) is 5.13 Å². The van der Waals surface area contributed by atoms with Crippen LogP contribution in [0.1, 0.15) is 45.5 Å². The standard InChI is InChI=1S/C20H22FN3O4S/c1-3-28-19(27)16-12(2)22-20(29-16)23-17(25)13-7-9-24(10-8-13)18(26)14-5-4-6-15(21)11-14/h4-6,11,13H,3,7-10H2,1-2H3,(H,22,23,25). The van der Waals surface area contributed by atoms with Crippen LogP contribution in [0.25, 0.3) is 0 Å². The number of rotatable bonds is 5. The predicted octanol–water partition coefficient (Wildman–Crippen LogP) is 3.26. The van der Waals surface area contributed by atoms with Crippen LogP contribution in [0.4, 0.5) is 9.52 Å². The summed E-state index contributed by atoms with van der Waals surface area (Å²) in [7, 11) is 0. The molecular formula is C20H22FN3O4S. The predicted molar refractivity (Wildman–Crippen MR) is 106 cm³/mol. The van der Waals surface area contributed by atoms with Crippen LogP contribution >= 0.6 is 11.3 Å². The molecule has 1 fully saturated rings. The van der Waals surface area contributed by atoms with Gasteiger partial charge in [0.25, 0.3) is 5.91 Å². The molecule has 1 aromatic carbocycles. The van der Waals surface area contributed by atoms with Gasteiger partial charge in [-0.25, -0.2) is 14.2 Å². The van der Waals surface area contributed by atoms with Crippen molar-refractivity contribution in [3.63, 3.8) is 0 Å². The number of hydrogen-bond donors (Lipinski definition) is 1. The number of carbonyl (C=O) groups is 3. The molecule has 2 amide bonds. The Morgan fingerprint density at radius 1 is 1.31 bits per heavy atom. The Labute approximate surface area is 171 Å². The molecule has 0 atom stereocenters. The lowest BCUT2D eigenvalue weighted by Gasteiger charge is -2.31. The summed E-state index contributed by atoms with van der Waals surface area (Å²) < 4.78 is 18.3. The third-order valence-corrected chi connectivity index (χ3v) is 5.76. The molecule has 0 bridgehead atoms. The summed E-state index contributed by atoms with van der Waals surface area (Å²) in [4.78, 5) is 43.2. The van der Waals surface area contributed by atoms with Crippen molar-refractivity contribution in [1.29, 1.82) is 0 Å². The number of nitrogens with zero attached hydrogens (tertiary/aromatic N) is 2. The topological polar surface area (TPSA) is 88.6 Å². The molecule has 7 nitrogen and oxygen atoms in total. The lowest BCUT2D eigenvalue weighted by Crippen LogP contribution is -2.41. The number of halogens is 1. The number of aromatic nitrogens is 1. The Kier molecular flexibility index (Phi) is 6.58. The molecule has 2 heterocycles. The first kappa shape index (κ1) is 20.9. The van der Waals surface area contributed by atoms with Crippen LogP contribution < -0.4 is 5.32 Å². The number of nitrogens with one attached hydrogen (secondary N) is 1. The average molecular weight is 419 g/mol. The summed E-state index contributed by atoms with van der Waals surface area (Å²) >= 11 is 1.09. The first-order valence-corrected chi connectivity index (χ1v) is 10.2. The highest BCUT2D eigenvalue weighted by Gasteiger charge is 2.29. The summed E-state index contributed by atoms with van der Waals surface area (Å²) in [5.41, 5.74) is 0.817. The van der Waals surface area contributed by atoms with Crippen LogP contribution in [0, 0.1) is 18.7 Å². The first-order valence-electron chi connectivity index (χ1n) is 9.39. The molecule has 2 aromatic rings. The Bertz CT molecular complexity index is 922. The average Bonchev–Trinajstić information content (AvgIpc) is 3.08. The van der Waals surface area contributed by atoms with Crippen molar-refractivity contribution >= 4 is 34.3 Å². The van der Waals surface area contributed by atoms with Gasteiger partial charge in [-0.05, 0) is 44.9 Å². The molecule has 0 spiro atoms. The van der Waals surface area contributed by atoms with E-state index in [4.69, 9.17) is 4.74 Å². The van der Waals surface area contributed by atoms with Gasteiger partial charge in [-0.1, -0.05) is 17.4 Å². The van der Waals surface area contributed by atoms with Gasteiger partial charge in [0.1, 0.15) is 10.7 Å². The van der Waals surface area contributed by atoms with Gasteiger partial charge in [0.05, 0.1) is 12.3 Å². The van der Waals surface area contributed by atoms with Crippen molar-refractivity contribution in [2.75, 3.05) is 25.0 Å². The zero-order valence-corrected chi connectivity index (χ0v) is 17.1. The van der Waals surface area contributed by atoms with Gasteiger partial charge in [0.2, 0.25) is 5.91 Å². The number of ether oxygens (including phenoxy) is 1. The first-order chi connectivity index (χ1) is 13.9. The number of anilines is 1. The molecule has 1 aliphatic rings. The maximum Gasteiger partial charge on any atom is 0.350 e. The molecule has 0 saturated carbocycles. The van der Waals surface area contributed by atoms with E-state index in [0.29, 0.717) is 47.2 Å². The van der Waals surface area contributed by atoms with Crippen LogP contribution in [-0.4, -0.2) is 47.4 Å². The van der Waals surface area contributed by atoms with Gasteiger partial charge < -0.3 is 15.0 Å². The molecule has 1 saturated heterocycles. The van der Waals surface area contributed by atoms with Crippen LogP contribution in [0.2, 0.25) is 0 Å². The summed E-state index contributed by atoms with van der Waals surface area (Å²) in [6.07, 6.45) is 1.00. The quantitative estimate of drug-likeness (QED) is 0.752. The normalized spacial score (nSPS) is 14.5. The number of carbonyl (C=O) groups excluding carboxylic acids is 3. The molecule has 1 aromatic heterocycles. The van der Waals surface area contributed by atoms with E-state index in [1.807, 2.05) is 0 Å². The van der Waals surface area contributed by atoms with Crippen molar-refractivity contribution in [3.8, 4) is 0 Å². The molecule has 0 aliphatic carbocycles. The van der Waals surface area contributed by atoms with Crippen LogP contribution in [0.3, 0.4) is 0 Å². The van der Waals surface area contributed by atoms with Crippen LogP contribution in [-0.2, 0) is 9.53 Å². The molecule has 1 aliphatic heterocycles. The second-order valence-electron chi connectivity index (χ2n) is 6.72. The monoisotopic (exact) mass is 419 g/mol. The van der Waals surface area contributed by atoms with Gasteiger partial charge in [-0.3, -0.25) is 9.59 Å². The molecule has 29 heavy (non-hydrogen) atoms. The highest BCUT2D eigenvalue weighted by Crippen LogP contribution is 2.26. The fraction of sp³-hybridized carbons (Fsp3) is 0.400. The maximum atomic E-state index is 13.3. The smallest absolute Gasteiger partial charge is 0.350 e. The Morgan fingerprint density at radius 3 is 2.69 bits per heavy atom. The van der Waals surface area contributed by atoms with Gasteiger partial charge >= 0.3 is 5.97 Å². The molecule has 154 valence electrons. The minimum atomic E-state index is -0.453. The summed E-state index contributed by atoms with van der Waals surface area (Å²) in [6, 6.07) is 5.59. The number of piperidine rings is 1. The number of aryl methyl sites for hydroxylation is 1. The van der Waals surface area contributed by atoms with Crippen molar-refractivity contribution in [1.82, 2.24) is 9.88 Å². The summed E-state index contributed by atoms with van der Waals surface area (Å²) in [6.45, 7) is 4.51. The largest absolute Gasteiger partial charge is 0.462 e. The van der Waals surface area contributed by atoms with E-state index in [1.54, 1.807) is 24.8 Å². The number of thiazole rings is 1. The summed E-state index contributed by atoms with van der Waals surface area (Å²) in [5, 5.41) is 3.12. The molecule has 1 N–H and O–H groups in total. The minimum Gasteiger partial charge on any atom is -0.462 e. The highest BCUT2D eigenvalue weighted by molar-refractivity contribution is 7.17.